The van der Waals surface area contributed by atoms with Gasteiger partial charge in [0, 0.05) is 34.2 Å². The van der Waals surface area contributed by atoms with Crippen LogP contribution in [0.3, 0.4) is 0 Å². The summed E-state index contributed by atoms with van der Waals surface area (Å²) >= 11 is 1.38. The van der Waals surface area contributed by atoms with Gasteiger partial charge in [0.2, 0.25) is 5.91 Å². The Bertz CT molecular complexity index is 1180. The highest BCUT2D eigenvalue weighted by Crippen LogP contribution is 2.62. The van der Waals surface area contributed by atoms with Crippen LogP contribution >= 0.6 is 11.3 Å². The summed E-state index contributed by atoms with van der Waals surface area (Å²) in [4.78, 5) is 32.0. The molecular weight excluding hydrogens is 505 g/mol. The van der Waals surface area contributed by atoms with Crippen molar-refractivity contribution >= 4 is 28.3 Å². The molecule has 1 aromatic heterocycles. The maximum Gasteiger partial charge on any atom is 0.257 e. The van der Waals surface area contributed by atoms with Gasteiger partial charge in [0.1, 0.15) is 5.82 Å². The maximum absolute atomic E-state index is 13.4. The predicted octanol–water partition coefficient (Wildman–Crippen LogP) is 4.79. The molecule has 2 saturated carbocycles. The number of nitrogens with zero attached hydrogens (tertiary/aromatic N) is 1. The van der Waals surface area contributed by atoms with E-state index in [1.165, 1.54) is 42.0 Å². The van der Waals surface area contributed by atoms with Gasteiger partial charge in [-0.3, -0.25) is 14.9 Å². The van der Waals surface area contributed by atoms with Crippen LogP contribution in [0.1, 0.15) is 92.1 Å². The van der Waals surface area contributed by atoms with Crippen molar-refractivity contribution in [2.45, 2.75) is 89.7 Å². The van der Waals surface area contributed by atoms with E-state index in [1.54, 1.807) is 0 Å². The van der Waals surface area contributed by atoms with Gasteiger partial charge in [-0.15, -0.1) is 11.3 Å². The number of nitrogens with one attached hydrogen (secondary N) is 2. The summed E-state index contributed by atoms with van der Waals surface area (Å²) in [6.45, 7) is 3.98. The summed E-state index contributed by atoms with van der Waals surface area (Å²) in [7, 11) is 0. The SMILES string of the molecule is C[C@]1(CO)[C@H]2Cc3sc(NC(=O)c4ccc(F)cc4)nc3[C@@H](CC(=O)NC3CCCCC3)[C@]2(C)CC[C@H]1O. The lowest BCUT2D eigenvalue weighted by Crippen LogP contribution is -2.57. The number of halogens is 1. The van der Waals surface area contributed by atoms with E-state index in [0.717, 1.165) is 42.7 Å². The van der Waals surface area contributed by atoms with Crippen molar-refractivity contribution in [1.82, 2.24) is 10.3 Å². The van der Waals surface area contributed by atoms with Crippen LogP contribution in [-0.2, 0) is 11.2 Å². The number of aliphatic hydroxyl groups excluding tert-OH is 2. The highest BCUT2D eigenvalue weighted by atomic mass is 32.1. The predicted molar refractivity (Wildman–Crippen MR) is 145 cm³/mol. The van der Waals surface area contributed by atoms with Gasteiger partial charge >= 0.3 is 0 Å². The van der Waals surface area contributed by atoms with Gasteiger partial charge in [0.25, 0.3) is 5.91 Å². The topological polar surface area (TPSA) is 112 Å². The normalized spacial score (nSPS) is 31.2. The molecule has 9 heteroatoms. The van der Waals surface area contributed by atoms with E-state index in [-0.39, 0.29) is 48.1 Å². The number of benzene rings is 1. The first kappa shape index (κ1) is 27.2. The van der Waals surface area contributed by atoms with Crippen molar-refractivity contribution in [3.63, 3.8) is 0 Å². The molecule has 3 aliphatic rings. The van der Waals surface area contributed by atoms with Gasteiger partial charge in [-0.2, -0.15) is 0 Å². The van der Waals surface area contributed by atoms with Crippen LogP contribution in [0, 0.1) is 22.6 Å². The van der Waals surface area contributed by atoms with Crippen LogP contribution in [-0.4, -0.2) is 45.8 Å². The Morgan fingerprint density at radius 2 is 1.84 bits per heavy atom. The summed E-state index contributed by atoms with van der Waals surface area (Å²) in [6.07, 6.45) is 7.04. The molecule has 0 unspecified atom stereocenters. The standard InChI is InChI=1S/C29H38FN3O4S/c1-28-13-12-23(35)29(2,16-34)22(28)15-21-25(20(28)14-24(36)31-19-6-4-3-5-7-19)32-27(38-21)33-26(37)17-8-10-18(30)11-9-17/h8-11,19-20,22-23,34-35H,3-7,12-16H2,1-2H3,(H,31,36)(H,32,33,37)/t20-,22+,23-,28+,29+/m1/s1. The molecule has 2 aromatic rings. The lowest BCUT2D eigenvalue weighted by atomic mass is 9.47. The van der Waals surface area contributed by atoms with E-state index in [2.05, 4.69) is 17.6 Å². The maximum atomic E-state index is 13.4. The number of carbonyl (C=O) groups excluding carboxylic acids is 2. The number of anilines is 1. The number of hydrogen-bond donors (Lipinski definition) is 4. The van der Waals surface area contributed by atoms with Gasteiger partial charge in [-0.05, 0) is 67.7 Å². The number of aromatic nitrogens is 1. The Balaban J connectivity index is 1.45. The third-order valence-corrected chi connectivity index (χ3v) is 10.6. The Labute approximate surface area is 227 Å². The second-order valence-corrected chi connectivity index (χ2v) is 13.0. The molecule has 0 aliphatic heterocycles. The molecule has 7 nitrogen and oxygen atoms in total. The van der Waals surface area contributed by atoms with E-state index in [4.69, 9.17) is 4.98 Å². The zero-order chi connectivity index (χ0) is 27.1. The number of thiazole rings is 1. The zero-order valence-electron chi connectivity index (χ0n) is 22.1. The van der Waals surface area contributed by atoms with E-state index in [0.29, 0.717) is 23.5 Å². The Morgan fingerprint density at radius 1 is 1.13 bits per heavy atom. The lowest BCUT2D eigenvalue weighted by molar-refractivity contribution is -0.144. The third-order valence-electron chi connectivity index (χ3n) is 9.58. The van der Waals surface area contributed by atoms with Crippen molar-refractivity contribution in [2.75, 3.05) is 11.9 Å². The number of carbonyl (C=O) groups is 2. The highest BCUT2D eigenvalue weighted by Gasteiger charge is 2.59. The minimum atomic E-state index is -0.704. The first-order valence-electron chi connectivity index (χ1n) is 13.8. The zero-order valence-corrected chi connectivity index (χ0v) is 23.0. The highest BCUT2D eigenvalue weighted by molar-refractivity contribution is 7.15. The molecule has 1 heterocycles. The van der Waals surface area contributed by atoms with Crippen LogP contribution in [0.15, 0.2) is 24.3 Å². The fraction of sp³-hybridized carbons (Fsp3) is 0.621. The largest absolute Gasteiger partial charge is 0.396 e. The summed E-state index contributed by atoms with van der Waals surface area (Å²) in [5, 5.41) is 27.9. The van der Waals surface area contributed by atoms with Crippen LogP contribution in [0.4, 0.5) is 9.52 Å². The molecule has 0 spiro atoms. The van der Waals surface area contributed by atoms with Crippen LogP contribution < -0.4 is 10.6 Å². The average molecular weight is 544 g/mol. The second-order valence-electron chi connectivity index (χ2n) is 11.9. The summed E-state index contributed by atoms with van der Waals surface area (Å²) in [5.41, 5.74) is 0.114. The van der Waals surface area contributed by atoms with Crippen molar-refractivity contribution in [3.8, 4) is 0 Å². The molecule has 206 valence electrons. The molecule has 0 bridgehead atoms. The molecule has 38 heavy (non-hydrogen) atoms. The van der Waals surface area contributed by atoms with E-state index < -0.39 is 17.3 Å². The Kier molecular flexibility index (Phi) is 7.64. The van der Waals surface area contributed by atoms with Crippen LogP contribution in [0.25, 0.3) is 0 Å². The molecular formula is C29H38FN3O4S. The summed E-state index contributed by atoms with van der Waals surface area (Å²) < 4.78 is 13.3. The van der Waals surface area contributed by atoms with E-state index in [9.17, 15) is 24.2 Å². The lowest BCUT2D eigenvalue weighted by Gasteiger charge is -2.58. The number of amides is 2. The van der Waals surface area contributed by atoms with E-state index in [1.807, 2.05) is 6.92 Å². The summed E-state index contributed by atoms with van der Waals surface area (Å²) in [5.74, 6) is -1.03. The second kappa shape index (κ2) is 10.7. The van der Waals surface area contributed by atoms with Crippen LogP contribution in [0.2, 0.25) is 0 Å². The first-order valence-corrected chi connectivity index (χ1v) is 14.6. The molecule has 0 radical (unpaired) electrons. The first-order chi connectivity index (χ1) is 18.1. The number of aliphatic hydroxyl groups is 2. The number of rotatable bonds is 6. The Hall–Kier alpha value is -2.36. The third kappa shape index (κ3) is 5.00. The number of fused-ring (bicyclic) bond motifs is 2. The van der Waals surface area contributed by atoms with Gasteiger partial charge < -0.3 is 15.5 Å². The molecule has 0 saturated heterocycles. The van der Waals surface area contributed by atoms with Gasteiger partial charge in [-0.25, -0.2) is 9.37 Å². The molecule has 5 rings (SSSR count). The van der Waals surface area contributed by atoms with E-state index >= 15 is 0 Å². The van der Waals surface area contributed by atoms with Crippen LogP contribution in [0.5, 0.6) is 0 Å². The van der Waals surface area contributed by atoms with Crippen molar-refractivity contribution in [3.05, 3.63) is 46.2 Å². The van der Waals surface area contributed by atoms with Gasteiger partial charge in [0.15, 0.2) is 5.13 Å². The van der Waals surface area contributed by atoms with Crippen molar-refractivity contribution in [2.24, 2.45) is 16.7 Å². The Morgan fingerprint density at radius 3 is 2.53 bits per heavy atom. The molecule has 3 aliphatic carbocycles. The minimum absolute atomic E-state index is 0.0106. The molecule has 1 aromatic carbocycles. The fourth-order valence-electron chi connectivity index (χ4n) is 7.19. The van der Waals surface area contributed by atoms with Crippen molar-refractivity contribution < 1.29 is 24.2 Å². The monoisotopic (exact) mass is 543 g/mol. The van der Waals surface area contributed by atoms with Gasteiger partial charge in [0.05, 0.1) is 18.4 Å². The molecule has 2 fully saturated rings. The molecule has 2 amide bonds. The van der Waals surface area contributed by atoms with Crippen molar-refractivity contribution in [1.29, 1.82) is 0 Å². The number of hydrogen-bond acceptors (Lipinski definition) is 6. The quantitative estimate of drug-likeness (QED) is 0.419. The summed E-state index contributed by atoms with van der Waals surface area (Å²) in [6, 6.07) is 5.56. The fourth-order valence-corrected chi connectivity index (χ4v) is 8.25. The smallest absolute Gasteiger partial charge is 0.257 e. The molecule has 5 atom stereocenters. The molecule has 4 N–H and O–H groups in total. The average Bonchev–Trinajstić information content (AvgIpc) is 3.30. The van der Waals surface area contributed by atoms with Gasteiger partial charge in [-0.1, -0.05) is 33.1 Å². The minimum Gasteiger partial charge on any atom is -0.396 e.